The largest absolute Gasteiger partial charge is 0.507 e. The molecule has 1 atom stereocenters. The summed E-state index contributed by atoms with van der Waals surface area (Å²) in [6.07, 6.45) is 0. The smallest absolute Gasteiger partial charge is 0.300 e. The normalized spacial score (nSPS) is 16.8. The monoisotopic (exact) mass is 498 g/mol. The average molecular weight is 499 g/mol. The maximum Gasteiger partial charge on any atom is 0.300 e. The summed E-state index contributed by atoms with van der Waals surface area (Å²) < 4.78 is 5.51. The molecule has 0 spiro atoms. The minimum absolute atomic E-state index is 0.0722. The second-order valence-electron chi connectivity index (χ2n) is 9.16. The van der Waals surface area contributed by atoms with Crippen LogP contribution >= 0.6 is 0 Å². The molecule has 1 unspecified atom stereocenters. The molecule has 6 heteroatoms. The van der Waals surface area contributed by atoms with E-state index >= 15 is 0 Å². The van der Waals surface area contributed by atoms with E-state index in [0.29, 0.717) is 23.6 Å². The van der Waals surface area contributed by atoms with Crippen molar-refractivity contribution in [3.63, 3.8) is 0 Å². The van der Waals surface area contributed by atoms with Crippen LogP contribution in [0, 0.1) is 13.8 Å². The van der Waals surface area contributed by atoms with Crippen molar-refractivity contribution in [1.82, 2.24) is 0 Å². The van der Waals surface area contributed by atoms with Gasteiger partial charge in [0.15, 0.2) is 0 Å². The summed E-state index contributed by atoms with van der Waals surface area (Å²) in [6.45, 7) is 12.3. The van der Waals surface area contributed by atoms with E-state index in [-0.39, 0.29) is 11.3 Å². The zero-order chi connectivity index (χ0) is 26.7. The van der Waals surface area contributed by atoms with Crippen LogP contribution in [0.1, 0.15) is 49.1 Å². The Morgan fingerprint density at radius 2 is 1.54 bits per heavy atom. The number of ketones is 1. The maximum atomic E-state index is 13.4. The molecule has 0 aliphatic carbocycles. The van der Waals surface area contributed by atoms with Gasteiger partial charge in [-0.05, 0) is 99.8 Å². The number of hydrogen-bond donors (Lipinski definition) is 1. The first-order valence-corrected chi connectivity index (χ1v) is 12.8. The Bertz CT molecular complexity index is 1320. The highest BCUT2D eigenvalue weighted by Crippen LogP contribution is 2.43. The number of carbonyl (C=O) groups is 2. The quantitative estimate of drug-likeness (QED) is 0.228. The minimum Gasteiger partial charge on any atom is -0.507 e. The highest BCUT2D eigenvalue weighted by molar-refractivity contribution is 6.51. The summed E-state index contributed by atoms with van der Waals surface area (Å²) in [5.74, 6) is -0.903. The molecular weight excluding hydrogens is 464 g/mol. The van der Waals surface area contributed by atoms with Crippen molar-refractivity contribution < 1.29 is 19.4 Å². The fourth-order valence-corrected chi connectivity index (χ4v) is 4.78. The number of aliphatic hydroxyl groups excluding tert-OH is 1. The van der Waals surface area contributed by atoms with Gasteiger partial charge in [0.2, 0.25) is 0 Å². The van der Waals surface area contributed by atoms with E-state index in [0.717, 1.165) is 35.5 Å². The van der Waals surface area contributed by atoms with Crippen LogP contribution in [0.5, 0.6) is 5.75 Å². The number of Topliss-reactive ketones (excluding diaryl/α,β-unsaturated/α-hetero) is 1. The number of aryl methyl sites for hydroxylation is 2. The van der Waals surface area contributed by atoms with Crippen LogP contribution in [0.4, 0.5) is 11.4 Å². The molecule has 1 heterocycles. The molecule has 1 amide bonds. The van der Waals surface area contributed by atoms with E-state index in [4.69, 9.17) is 4.74 Å². The molecular formula is C31H34N2O4. The lowest BCUT2D eigenvalue weighted by Crippen LogP contribution is -2.29. The number of benzene rings is 3. The van der Waals surface area contributed by atoms with Crippen LogP contribution in [0.25, 0.3) is 5.76 Å². The lowest BCUT2D eigenvalue weighted by atomic mass is 9.94. The van der Waals surface area contributed by atoms with Gasteiger partial charge in [0, 0.05) is 30.0 Å². The molecule has 3 aromatic carbocycles. The van der Waals surface area contributed by atoms with E-state index < -0.39 is 17.7 Å². The van der Waals surface area contributed by atoms with Gasteiger partial charge in [-0.2, -0.15) is 0 Å². The van der Waals surface area contributed by atoms with Gasteiger partial charge in [0.05, 0.1) is 18.2 Å². The van der Waals surface area contributed by atoms with Crippen LogP contribution in [0.2, 0.25) is 0 Å². The Hall–Kier alpha value is -4.06. The van der Waals surface area contributed by atoms with Gasteiger partial charge in [0.25, 0.3) is 11.7 Å². The van der Waals surface area contributed by atoms with Crippen molar-refractivity contribution in [3.05, 3.63) is 94.6 Å². The summed E-state index contributed by atoms with van der Waals surface area (Å²) in [5, 5.41) is 11.4. The average Bonchev–Trinajstić information content (AvgIpc) is 3.17. The van der Waals surface area contributed by atoms with E-state index in [1.807, 2.05) is 63.2 Å². The highest BCUT2D eigenvalue weighted by Gasteiger charge is 2.47. The Morgan fingerprint density at radius 1 is 0.892 bits per heavy atom. The fraction of sp³-hybridized carbons (Fsp3) is 0.290. The number of nitrogens with zero attached hydrogens (tertiary/aromatic N) is 2. The van der Waals surface area contributed by atoms with Crippen LogP contribution in [0.15, 0.2) is 72.3 Å². The van der Waals surface area contributed by atoms with Crippen LogP contribution in [-0.4, -0.2) is 36.5 Å². The zero-order valence-electron chi connectivity index (χ0n) is 22.1. The first-order valence-electron chi connectivity index (χ1n) is 12.8. The number of hydrogen-bond acceptors (Lipinski definition) is 5. The molecule has 1 saturated heterocycles. The van der Waals surface area contributed by atoms with Crippen LogP contribution < -0.4 is 14.5 Å². The van der Waals surface area contributed by atoms with Gasteiger partial charge in [-0.3, -0.25) is 14.5 Å². The molecule has 0 saturated carbocycles. The second kappa shape index (κ2) is 10.9. The van der Waals surface area contributed by atoms with E-state index in [2.05, 4.69) is 18.7 Å². The van der Waals surface area contributed by atoms with E-state index in [9.17, 15) is 14.7 Å². The number of amides is 1. The molecule has 3 aromatic rings. The van der Waals surface area contributed by atoms with Crippen molar-refractivity contribution >= 4 is 28.8 Å². The standard InChI is InChI=1S/C31H34N2O4/c1-6-32(7-2)24-15-10-22(11-16-24)28-27(29(34)23-12-17-26(18-13-23)37-8-3)30(35)31(36)33(28)25-14-9-20(4)21(5)19-25/h9-19,28,34H,6-8H2,1-5H3/b29-27+. The first-order chi connectivity index (χ1) is 17.8. The predicted octanol–water partition coefficient (Wildman–Crippen LogP) is 6.17. The molecule has 0 bridgehead atoms. The molecule has 6 nitrogen and oxygen atoms in total. The highest BCUT2D eigenvalue weighted by atomic mass is 16.5. The predicted molar refractivity (Wildman–Crippen MR) is 148 cm³/mol. The molecule has 0 radical (unpaired) electrons. The van der Waals surface area contributed by atoms with Crippen LogP contribution in [-0.2, 0) is 9.59 Å². The zero-order valence-corrected chi connectivity index (χ0v) is 22.1. The number of anilines is 2. The molecule has 1 fully saturated rings. The van der Waals surface area contributed by atoms with Crippen molar-refractivity contribution in [3.8, 4) is 5.75 Å². The Labute approximate surface area is 218 Å². The van der Waals surface area contributed by atoms with Crippen LogP contribution in [0.3, 0.4) is 0 Å². The Morgan fingerprint density at radius 3 is 2.11 bits per heavy atom. The lowest BCUT2D eigenvalue weighted by Gasteiger charge is -2.27. The summed E-state index contributed by atoms with van der Waals surface area (Å²) in [7, 11) is 0. The Balaban J connectivity index is 1.87. The number of rotatable bonds is 8. The summed E-state index contributed by atoms with van der Waals surface area (Å²) >= 11 is 0. The fourth-order valence-electron chi connectivity index (χ4n) is 4.78. The van der Waals surface area contributed by atoms with E-state index in [1.165, 1.54) is 4.90 Å². The molecule has 4 rings (SSSR count). The van der Waals surface area contributed by atoms with Gasteiger partial charge < -0.3 is 14.7 Å². The Kier molecular flexibility index (Phi) is 7.67. The third kappa shape index (κ3) is 4.96. The molecule has 1 aliphatic heterocycles. The van der Waals surface area contributed by atoms with Crippen molar-refractivity contribution in [1.29, 1.82) is 0 Å². The minimum atomic E-state index is -0.764. The maximum absolute atomic E-state index is 13.4. The third-order valence-electron chi connectivity index (χ3n) is 6.99. The van der Waals surface area contributed by atoms with Gasteiger partial charge in [0.1, 0.15) is 11.5 Å². The topological polar surface area (TPSA) is 70.1 Å². The molecule has 1 aliphatic rings. The van der Waals surface area contributed by atoms with Gasteiger partial charge in [-0.1, -0.05) is 18.2 Å². The lowest BCUT2D eigenvalue weighted by molar-refractivity contribution is -0.132. The number of aliphatic hydroxyl groups is 1. The molecule has 0 aromatic heterocycles. The summed E-state index contributed by atoms with van der Waals surface area (Å²) in [6, 6.07) is 19.7. The van der Waals surface area contributed by atoms with Gasteiger partial charge >= 0.3 is 0 Å². The summed E-state index contributed by atoms with van der Waals surface area (Å²) in [5.41, 5.74) is 5.06. The van der Waals surface area contributed by atoms with Crippen molar-refractivity contribution in [2.75, 3.05) is 29.5 Å². The molecule has 1 N–H and O–H groups in total. The molecule has 192 valence electrons. The summed E-state index contributed by atoms with van der Waals surface area (Å²) in [4.78, 5) is 30.6. The number of ether oxygens (including phenoxy) is 1. The third-order valence-corrected chi connectivity index (χ3v) is 6.99. The second-order valence-corrected chi connectivity index (χ2v) is 9.16. The van der Waals surface area contributed by atoms with Gasteiger partial charge in [-0.25, -0.2) is 0 Å². The van der Waals surface area contributed by atoms with Crippen molar-refractivity contribution in [2.24, 2.45) is 0 Å². The van der Waals surface area contributed by atoms with Gasteiger partial charge in [-0.15, -0.1) is 0 Å². The number of carbonyl (C=O) groups excluding carboxylic acids is 2. The van der Waals surface area contributed by atoms with E-state index in [1.54, 1.807) is 24.3 Å². The van der Waals surface area contributed by atoms with Crippen molar-refractivity contribution in [2.45, 2.75) is 40.7 Å². The SMILES string of the molecule is CCOc1ccc(/C(O)=C2\C(=O)C(=O)N(c3ccc(C)c(C)c3)C2c2ccc(N(CC)CC)cc2)cc1. The molecule has 37 heavy (non-hydrogen) atoms. The first kappa shape index (κ1) is 26.0.